The third-order valence-electron chi connectivity index (χ3n) is 4.46. The second kappa shape index (κ2) is 5.00. The number of nitrogens with zero attached hydrogens (tertiary/aromatic N) is 2. The molecule has 1 aromatic carbocycles. The SMILES string of the molecule is O=[N+]([O-])c1cc(CCl)ccc1N1CC2CCCC2C1. The Balaban J connectivity index is 1.90. The van der Waals surface area contributed by atoms with Gasteiger partial charge in [0.15, 0.2) is 0 Å². The van der Waals surface area contributed by atoms with Crippen LogP contribution in [0.1, 0.15) is 24.8 Å². The maximum absolute atomic E-state index is 11.2. The van der Waals surface area contributed by atoms with E-state index in [2.05, 4.69) is 4.90 Å². The summed E-state index contributed by atoms with van der Waals surface area (Å²) in [4.78, 5) is 13.1. The average Bonchev–Trinajstić information content (AvgIpc) is 2.98. The molecule has 4 nitrogen and oxygen atoms in total. The van der Waals surface area contributed by atoms with Crippen LogP contribution < -0.4 is 4.90 Å². The molecular weight excluding hydrogens is 264 g/mol. The molecule has 2 atom stereocenters. The molecule has 0 aromatic heterocycles. The normalized spacial score (nSPS) is 25.6. The first kappa shape index (κ1) is 12.7. The third-order valence-corrected chi connectivity index (χ3v) is 4.77. The Morgan fingerprint density at radius 2 is 2.00 bits per heavy atom. The van der Waals surface area contributed by atoms with Crippen molar-refractivity contribution in [1.82, 2.24) is 0 Å². The van der Waals surface area contributed by atoms with E-state index in [0.29, 0.717) is 5.88 Å². The van der Waals surface area contributed by atoms with Crippen molar-refractivity contribution in [2.45, 2.75) is 25.1 Å². The fourth-order valence-electron chi connectivity index (χ4n) is 3.50. The molecule has 1 heterocycles. The van der Waals surface area contributed by atoms with Gasteiger partial charge >= 0.3 is 0 Å². The lowest BCUT2D eigenvalue weighted by Gasteiger charge is -2.19. The van der Waals surface area contributed by atoms with Crippen molar-refractivity contribution in [2.75, 3.05) is 18.0 Å². The summed E-state index contributed by atoms with van der Waals surface area (Å²) < 4.78 is 0. The molecule has 1 aliphatic heterocycles. The fraction of sp³-hybridized carbons (Fsp3) is 0.571. The molecular formula is C14H17ClN2O2. The van der Waals surface area contributed by atoms with Crippen molar-refractivity contribution in [3.05, 3.63) is 33.9 Å². The number of benzene rings is 1. The Labute approximate surface area is 117 Å². The number of rotatable bonds is 3. The summed E-state index contributed by atoms with van der Waals surface area (Å²) in [7, 11) is 0. The average molecular weight is 281 g/mol. The van der Waals surface area contributed by atoms with Gasteiger partial charge in [0.2, 0.25) is 0 Å². The van der Waals surface area contributed by atoms with Crippen LogP contribution in [0.25, 0.3) is 0 Å². The first-order valence-electron chi connectivity index (χ1n) is 6.77. The van der Waals surface area contributed by atoms with Crippen LogP contribution in [0.15, 0.2) is 18.2 Å². The van der Waals surface area contributed by atoms with Crippen LogP contribution in [0.2, 0.25) is 0 Å². The molecule has 1 saturated carbocycles. The highest BCUT2D eigenvalue weighted by atomic mass is 35.5. The molecule has 3 rings (SSSR count). The smallest absolute Gasteiger partial charge is 0.292 e. The van der Waals surface area contributed by atoms with Crippen LogP contribution in [-0.4, -0.2) is 18.0 Å². The quantitative estimate of drug-likeness (QED) is 0.483. The van der Waals surface area contributed by atoms with Crippen LogP contribution in [0, 0.1) is 22.0 Å². The number of hydrogen-bond donors (Lipinski definition) is 0. The number of anilines is 1. The second-order valence-corrected chi connectivity index (χ2v) is 5.84. The summed E-state index contributed by atoms with van der Waals surface area (Å²) in [6.45, 7) is 1.93. The van der Waals surface area contributed by atoms with Crippen molar-refractivity contribution in [3.8, 4) is 0 Å². The van der Waals surface area contributed by atoms with Crippen molar-refractivity contribution in [2.24, 2.45) is 11.8 Å². The molecule has 0 bridgehead atoms. The van der Waals surface area contributed by atoms with Crippen LogP contribution >= 0.6 is 11.6 Å². The highest BCUT2D eigenvalue weighted by molar-refractivity contribution is 6.17. The van der Waals surface area contributed by atoms with Crippen molar-refractivity contribution < 1.29 is 4.92 Å². The monoisotopic (exact) mass is 280 g/mol. The van der Waals surface area contributed by atoms with Crippen molar-refractivity contribution >= 4 is 23.0 Å². The number of halogens is 1. The lowest BCUT2D eigenvalue weighted by Crippen LogP contribution is -2.21. The minimum absolute atomic E-state index is 0.193. The molecule has 2 aliphatic rings. The Morgan fingerprint density at radius 3 is 2.58 bits per heavy atom. The lowest BCUT2D eigenvalue weighted by atomic mass is 10.0. The summed E-state index contributed by atoms with van der Waals surface area (Å²) in [5.74, 6) is 1.77. The molecule has 0 spiro atoms. The fourth-order valence-corrected chi connectivity index (χ4v) is 3.66. The van der Waals surface area contributed by atoms with Gasteiger partial charge in [-0.2, -0.15) is 0 Å². The van der Waals surface area contributed by atoms with Gasteiger partial charge in [0.1, 0.15) is 5.69 Å². The van der Waals surface area contributed by atoms with Crippen LogP contribution in [-0.2, 0) is 5.88 Å². The molecule has 5 heteroatoms. The molecule has 102 valence electrons. The molecule has 0 radical (unpaired) electrons. The van der Waals surface area contributed by atoms with Crippen molar-refractivity contribution in [1.29, 1.82) is 0 Å². The van der Waals surface area contributed by atoms with Gasteiger partial charge in [-0.05, 0) is 36.3 Å². The number of nitro groups is 1. The zero-order chi connectivity index (χ0) is 13.4. The largest absolute Gasteiger partial charge is 0.365 e. The maximum Gasteiger partial charge on any atom is 0.292 e. The number of nitro benzene ring substituents is 1. The summed E-state index contributed by atoms with van der Waals surface area (Å²) in [6, 6.07) is 5.36. The first-order valence-corrected chi connectivity index (χ1v) is 7.30. The standard InChI is InChI=1S/C14H17ClN2O2/c15-7-10-4-5-13(14(6-10)17(18)19)16-8-11-2-1-3-12(11)9-16/h4-6,11-12H,1-3,7-9H2. The van der Waals surface area contributed by atoms with E-state index in [1.165, 1.54) is 19.3 Å². The van der Waals surface area contributed by atoms with Gasteiger partial charge in [-0.1, -0.05) is 12.5 Å². The van der Waals surface area contributed by atoms with E-state index >= 15 is 0 Å². The van der Waals surface area contributed by atoms with Crippen LogP contribution in [0.3, 0.4) is 0 Å². The summed E-state index contributed by atoms with van der Waals surface area (Å²) >= 11 is 5.76. The molecule has 1 saturated heterocycles. The van der Waals surface area contributed by atoms with E-state index in [4.69, 9.17) is 11.6 Å². The molecule has 1 aromatic rings. The van der Waals surface area contributed by atoms with Gasteiger partial charge in [0.25, 0.3) is 5.69 Å². The van der Waals surface area contributed by atoms with E-state index < -0.39 is 0 Å². The minimum Gasteiger partial charge on any atom is -0.365 e. The molecule has 19 heavy (non-hydrogen) atoms. The highest BCUT2D eigenvalue weighted by Crippen LogP contribution is 2.42. The molecule has 0 amide bonds. The third kappa shape index (κ3) is 2.29. The summed E-state index contributed by atoms with van der Waals surface area (Å²) in [5.41, 5.74) is 1.75. The lowest BCUT2D eigenvalue weighted by molar-refractivity contribution is -0.384. The Morgan fingerprint density at radius 1 is 1.32 bits per heavy atom. The van der Waals surface area contributed by atoms with Gasteiger partial charge < -0.3 is 4.90 Å². The van der Waals surface area contributed by atoms with E-state index in [-0.39, 0.29) is 10.6 Å². The van der Waals surface area contributed by atoms with Crippen LogP contribution in [0.5, 0.6) is 0 Å². The molecule has 1 aliphatic carbocycles. The van der Waals surface area contributed by atoms with Gasteiger partial charge in [0, 0.05) is 25.0 Å². The van der Waals surface area contributed by atoms with Gasteiger partial charge in [-0.3, -0.25) is 10.1 Å². The number of alkyl halides is 1. The Bertz CT molecular complexity index is 494. The summed E-state index contributed by atoms with van der Waals surface area (Å²) in [5, 5.41) is 11.2. The second-order valence-electron chi connectivity index (χ2n) is 5.57. The molecule has 0 N–H and O–H groups in total. The van der Waals surface area contributed by atoms with E-state index in [9.17, 15) is 10.1 Å². The maximum atomic E-state index is 11.2. The van der Waals surface area contributed by atoms with Crippen LogP contribution in [0.4, 0.5) is 11.4 Å². The highest BCUT2D eigenvalue weighted by Gasteiger charge is 2.37. The topological polar surface area (TPSA) is 46.4 Å². The zero-order valence-corrected chi connectivity index (χ0v) is 11.5. The van der Waals surface area contributed by atoms with Crippen molar-refractivity contribution in [3.63, 3.8) is 0 Å². The van der Waals surface area contributed by atoms with E-state index in [1.807, 2.05) is 12.1 Å². The number of hydrogen-bond acceptors (Lipinski definition) is 3. The number of fused-ring (bicyclic) bond motifs is 1. The zero-order valence-electron chi connectivity index (χ0n) is 10.7. The minimum atomic E-state index is -0.292. The molecule has 2 fully saturated rings. The summed E-state index contributed by atoms with van der Waals surface area (Å²) in [6.07, 6.45) is 3.86. The predicted molar refractivity (Wildman–Crippen MR) is 75.7 cm³/mol. The van der Waals surface area contributed by atoms with E-state index in [1.54, 1.807) is 6.07 Å². The molecule has 2 unspecified atom stereocenters. The van der Waals surface area contributed by atoms with E-state index in [0.717, 1.165) is 36.2 Å². The van der Waals surface area contributed by atoms with Gasteiger partial charge in [0.05, 0.1) is 4.92 Å². The predicted octanol–water partition coefficient (Wildman–Crippen LogP) is 3.57. The van der Waals surface area contributed by atoms with Gasteiger partial charge in [-0.25, -0.2) is 0 Å². The Kier molecular flexibility index (Phi) is 3.35. The first-order chi connectivity index (χ1) is 9.19. The Hall–Kier alpha value is -1.29. The van der Waals surface area contributed by atoms with Gasteiger partial charge in [-0.15, -0.1) is 11.6 Å².